The summed E-state index contributed by atoms with van der Waals surface area (Å²) in [7, 11) is 0. The lowest BCUT2D eigenvalue weighted by molar-refractivity contribution is -0.728. The molecule has 0 radical (unpaired) electrons. The lowest BCUT2D eigenvalue weighted by Crippen LogP contribution is -2.96. The third-order valence-electron chi connectivity index (χ3n) is 5.59. The van der Waals surface area contributed by atoms with Crippen LogP contribution in [-0.4, -0.2) is 12.1 Å². The summed E-state index contributed by atoms with van der Waals surface area (Å²) in [6.45, 7) is 13.9. The average Bonchev–Trinajstić information content (AvgIpc) is 2.82. The Bertz CT molecular complexity index is 448. The van der Waals surface area contributed by atoms with Gasteiger partial charge in [-0.2, -0.15) is 0 Å². The maximum Gasteiger partial charge on any atom is 0.109 e. The first-order valence-corrected chi connectivity index (χ1v) is 8.71. The molecule has 4 atom stereocenters. The molecule has 1 saturated carbocycles. The van der Waals surface area contributed by atoms with Gasteiger partial charge in [0, 0.05) is 17.8 Å². The van der Waals surface area contributed by atoms with E-state index < -0.39 is 0 Å². The van der Waals surface area contributed by atoms with Crippen LogP contribution >= 0.6 is 0 Å². The molecule has 0 saturated heterocycles. The second-order valence-electron chi connectivity index (χ2n) is 8.10. The Kier molecular flexibility index (Phi) is 5.19. The monoisotopic (exact) mass is 292 g/mol. The molecule has 120 valence electrons. The molecule has 0 aromatic carbocycles. The number of furan rings is 1. The number of hydrogen-bond acceptors (Lipinski definition) is 1. The fraction of sp³-hybridized carbons (Fsp3) is 0.789. The van der Waals surface area contributed by atoms with Crippen LogP contribution in [0.5, 0.6) is 0 Å². The van der Waals surface area contributed by atoms with E-state index in [9.17, 15) is 0 Å². The van der Waals surface area contributed by atoms with Gasteiger partial charge >= 0.3 is 0 Å². The van der Waals surface area contributed by atoms with E-state index >= 15 is 0 Å². The predicted molar refractivity (Wildman–Crippen MR) is 88.4 cm³/mol. The lowest BCUT2D eigenvalue weighted by atomic mass is 9.77. The summed E-state index contributed by atoms with van der Waals surface area (Å²) in [5.74, 6) is 3.87. The van der Waals surface area contributed by atoms with Gasteiger partial charge < -0.3 is 9.73 Å². The molecule has 21 heavy (non-hydrogen) atoms. The number of aryl methyl sites for hydroxylation is 1. The highest BCUT2D eigenvalue weighted by molar-refractivity contribution is 5.14. The molecule has 1 aliphatic rings. The normalized spacial score (nSPS) is 28.6. The zero-order valence-electron chi connectivity index (χ0n) is 14.8. The minimum atomic E-state index is 0.119. The third kappa shape index (κ3) is 4.12. The molecular weight excluding hydrogens is 258 g/mol. The van der Waals surface area contributed by atoms with Crippen LogP contribution in [0, 0.1) is 18.8 Å². The van der Waals surface area contributed by atoms with E-state index in [4.69, 9.17) is 4.42 Å². The molecule has 2 nitrogen and oxygen atoms in total. The van der Waals surface area contributed by atoms with Crippen LogP contribution in [-0.2, 0) is 5.41 Å². The smallest absolute Gasteiger partial charge is 0.109 e. The maximum absolute atomic E-state index is 5.86. The number of quaternary nitrogens is 1. The van der Waals surface area contributed by atoms with Gasteiger partial charge in [-0.05, 0) is 51.2 Å². The Hall–Kier alpha value is -0.760. The van der Waals surface area contributed by atoms with Gasteiger partial charge in [0.05, 0.1) is 12.1 Å². The van der Waals surface area contributed by atoms with Crippen LogP contribution in [0.25, 0.3) is 0 Å². The average molecular weight is 292 g/mol. The Balaban J connectivity index is 1.93. The molecule has 2 N–H and O–H groups in total. The Morgan fingerprint density at radius 1 is 1.29 bits per heavy atom. The van der Waals surface area contributed by atoms with Gasteiger partial charge in [-0.25, -0.2) is 0 Å². The van der Waals surface area contributed by atoms with Crippen LogP contribution in [0.4, 0.5) is 0 Å². The van der Waals surface area contributed by atoms with E-state index in [0.29, 0.717) is 6.04 Å². The van der Waals surface area contributed by atoms with E-state index in [-0.39, 0.29) is 5.41 Å². The van der Waals surface area contributed by atoms with Crippen LogP contribution in [0.2, 0.25) is 0 Å². The molecule has 1 aliphatic carbocycles. The molecule has 0 unspecified atom stereocenters. The van der Waals surface area contributed by atoms with Crippen molar-refractivity contribution in [1.82, 2.24) is 0 Å². The van der Waals surface area contributed by atoms with E-state index in [1.54, 1.807) is 0 Å². The zero-order valence-corrected chi connectivity index (χ0v) is 14.8. The molecule has 2 heteroatoms. The van der Waals surface area contributed by atoms with E-state index in [1.165, 1.54) is 19.3 Å². The second-order valence-corrected chi connectivity index (χ2v) is 8.10. The topological polar surface area (TPSA) is 29.8 Å². The predicted octanol–water partition coefficient (Wildman–Crippen LogP) is 4.03. The van der Waals surface area contributed by atoms with Crippen molar-refractivity contribution in [2.75, 3.05) is 0 Å². The Labute approximate surface area is 130 Å². The zero-order chi connectivity index (χ0) is 15.6. The Morgan fingerprint density at radius 2 is 2.00 bits per heavy atom. The van der Waals surface area contributed by atoms with Crippen LogP contribution in [0.3, 0.4) is 0 Å². The third-order valence-corrected chi connectivity index (χ3v) is 5.59. The van der Waals surface area contributed by atoms with Crippen molar-refractivity contribution in [3.8, 4) is 0 Å². The quantitative estimate of drug-likeness (QED) is 0.872. The molecule has 0 amide bonds. The fourth-order valence-corrected chi connectivity index (χ4v) is 4.09. The minimum absolute atomic E-state index is 0.119. The summed E-state index contributed by atoms with van der Waals surface area (Å²) >= 11 is 0. The molecule has 1 fully saturated rings. The van der Waals surface area contributed by atoms with Gasteiger partial charge in [-0.15, -0.1) is 0 Å². The highest BCUT2D eigenvalue weighted by atomic mass is 16.3. The first-order chi connectivity index (χ1) is 9.79. The highest BCUT2D eigenvalue weighted by Crippen LogP contribution is 2.30. The standard InChI is InChI=1S/C19H33NO/c1-13-8-7-9-17(16(13)4)20-14(2)12-19(5,6)18-11-10-15(3)21-18/h10-11,13-14,16-17,20H,7-9,12H2,1-6H3/p+1/t13-,14-,16-,17-/m0/s1. The molecule has 1 aromatic rings. The van der Waals surface area contributed by atoms with Crippen molar-refractivity contribution in [3.63, 3.8) is 0 Å². The molecule has 0 bridgehead atoms. The molecule has 0 aliphatic heterocycles. The van der Waals surface area contributed by atoms with Crippen molar-refractivity contribution in [2.45, 2.75) is 84.7 Å². The van der Waals surface area contributed by atoms with Crippen LogP contribution < -0.4 is 5.32 Å². The highest BCUT2D eigenvalue weighted by Gasteiger charge is 2.33. The molecular formula is C19H34NO+. The fourth-order valence-electron chi connectivity index (χ4n) is 4.09. The van der Waals surface area contributed by atoms with E-state index in [1.807, 2.05) is 6.92 Å². The van der Waals surface area contributed by atoms with Crippen molar-refractivity contribution < 1.29 is 9.73 Å². The first-order valence-electron chi connectivity index (χ1n) is 8.71. The van der Waals surface area contributed by atoms with Gasteiger partial charge in [0.1, 0.15) is 11.5 Å². The van der Waals surface area contributed by atoms with E-state index in [0.717, 1.165) is 35.8 Å². The lowest BCUT2D eigenvalue weighted by Gasteiger charge is -2.35. The summed E-state index contributed by atoms with van der Waals surface area (Å²) in [6, 6.07) is 5.67. The number of rotatable bonds is 5. The number of nitrogens with two attached hydrogens (primary N) is 1. The van der Waals surface area contributed by atoms with E-state index in [2.05, 4.69) is 52.1 Å². The summed E-state index contributed by atoms with van der Waals surface area (Å²) in [5, 5.41) is 2.64. The van der Waals surface area contributed by atoms with Gasteiger partial charge in [-0.3, -0.25) is 0 Å². The summed E-state index contributed by atoms with van der Waals surface area (Å²) in [6.07, 6.45) is 5.37. The van der Waals surface area contributed by atoms with Crippen molar-refractivity contribution in [3.05, 3.63) is 23.7 Å². The second kappa shape index (κ2) is 6.56. The molecule has 0 spiro atoms. The molecule has 1 aromatic heterocycles. The van der Waals surface area contributed by atoms with Gasteiger partial charge in [-0.1, -0.05) is 27.7 Å². The number of hydrogen-bond donors (Lipinski definition) is 1. The molecule has 1 heterocycles. The summed E-state index contributed by atoms with van der Waals surface area (Å²) in [4.78, 5) is 0. The van der Waals surface area contributed by atoms with Crippen molar-refractivity contribution >= 4 is 0 Å². The van der Waals surface area contributed by atoms with Crippen molar-refractivity contribution in [1.29, 1.82) is 0 Å². The largest absolute Gasteiger partial charge is 0.466 e. The maximum atomic E-state index is 5.86. The Morgan fingerprint density at radius 3 is 2.62 bits per heavy atom. The van der Waals surface area contributed by atoms with Crippen LogP contribution in [0.1, 0.15) is 71.8 Å². The molecule has 2 rings (SSSR count). The SMILES string of the molecule is Cc1ccc(C(C)(C)C[C@H](C)[NH2+][C@H]2CCC[C@H](C)[C@@H]2C)o1. The van der Waals surface area contributed by atoms with Gasteiger partial charge in [0.2, 0.25) is 0 Å². The van der Waals surface area contributed by atoms with Crippen LogP contribution in [0.15, 0.2) is 16.5 Å². The summed E-state index contributed by atoms with van der Waals surface area (Å²) in [5.41, 5.74) is 0.119. The van der Waals surface area contributed by atoms with Crippen molar-refractivity contribution in [2.24, 2.45) is 11.8 Å². The minimum Gasteiger partial charge on any atom is -0.466 e. The van der Waals surface area contributed by atoms with Gasteiger partial charge in [0.25, 0.3) is 0 Å². The first kappa shape index (κ1) is 16.6. The van der Waals surface area contributed by atoms with Gasteiger partial charge in [0.15, 0.2) is 0 Å². The summed E-state index contributed by atoms with van der Waals surface area (Å²) < 4.78 is 5.86.